The number of hydrogen-bond acceptors (Lipinski definition) is 2. The fraction of sp³-hybridized carbons (Fsp3) is 0.364. The largest absolute Gasteiger partial charge is 0.327 e. The number of aromatic nitrogens is 1. The van der Waals surface area contributed by atoms with Crippen LogP contribution in [0.15, 0.2) is 18.2 Å². The molecule has 1 unspecified atom stereocenters. The van der Waals surface area contributed by atoms with Crippen LogP contribution in [0.25, 0.3) is 0 Å². The molecule has 1 atom stereocenters. The lowest BCUT2D eigenvalue weighted by Crippen LogP contribution is -2.12. The van der Waals surface area contributed by atoms with Gasteiger partial charge in [-0.1, -0.05) is 12.0 Å². The molecule has 1 aromatic heterocycles. The van der Waals surface area contributed by atoms with E-state index in [2.05, 4.69) is 16.8 Å². The maximum Gasteiger partial charge on any atom is 0.131 e. The van der Waals surface area contributed by atoms with Gasteiger partial charge in [0.25, 0.3) is 0 Å². The van der Waals surface area contributed by atoms with Gasteiger partial charge in [0.05, 0.1) is 5.69 Å². The van der Waals surface area contributed by atoms with Gasteiger partial charge in [0.15, 0.2) is 0 Å². The molecule has 0 radical (unpaired) electrons. The average Bonchev–Trinajstić information content (AvgIpc) is 2.18. The molecule has 2 N–H and O–H groups in total. The number of hydrogen-bond donors (Lipinski definition) is 1. The highest BCUT2D eigenvalue weighted by atomic mass is 19.1. The quantitative estimate of drug-likeness (QED) is 0.723. The van der Waals surface area contributed by atoms with E-state index in [1.807, 2.05) is 6.92 Å². The molecule has 1 aromatic rings. The van der Waals surface area contributed by atoms with Crippen LogP contribution in [0, 0.1) is 11.8 Å². The Morgan fingerprint density at radius 2 is 2.36 bits per heavy atom. The number of pyridine rings is 1. The minimum absolute atomic E-state index is 0.0619. The predicted molar refractivity (Wildman–Crippen MR) is 54.2 cm³/mol. The molecule has 0 saturated carbocycles. The van der Waals surface area contributed by atoms with Crippen LogP contribution in [0.3, 0.4) is 0 Å². The molecule has 1 rings (SSSR count). The van der Waals surface area contributed by atoms with E-state index >= 15 is 0 Å². The second kappa shape index (κ2) is 5.36. The van der Waals surface area contributed by atoms with Gasteiger partial charge >= 0.3 is 0 Å². The maximum absolute atomic E-state index is 12.2. The van der Waals surface area contributed by atoms with Crippen molar-refractivity contribution in [2.45, 2.75) is 26.1 Å². The van der Waals surface area contributed by atoms with E-state index in [0.717, 1.165) is 0 Å². The van der Waals surface area contributed by atoms with Gasteiger partial charge in [0.1, 0.15) is 12.4 Å². The number of halogens is 1. The Balaban J connectivity index is 2.69. The standard InChI is InChI=1S/C11H13FN2/c1-9(13)4-2-5-10-6-3-7-11(8-12)14-10/h3,6-7,9H,4,8,13H2,1H3. The molecule has 1 heterocycles. The third-order valence-electron chi connectivity index (χ3n) is 1.58. The van der Waals surface area contributed by atoms with E-state index in [1.165, 1.54) is 0 Å². The molecule has 0 aliphatic rings. The summed E-state index contributed by atoms with van der Waals surface area (Å²) in [6.07, 6.45) is 0.627. The van der Waals surface area contributed by atoms with E-state index in [9.17, 15) is 4.39 Å². The van der Waals surface area contributed by atoms with Crippen molar-refractivity contribution in [1.82, 2.24) is 4.98 Å². The van der Waals surface area contributed by atoms with Gasteiger partial charge in [-0.2, -0.15) is 0 Å². The molecule has 3 heteroatoms. The number of nitrogens with two attached hydrogens (primary N) is 1. The first kappa shape index (κ1) is 10.7. The number of rotatable bonds is 2. The highest BCUT2D eigenvalue weighted by molar-refractivity contribution is 5.28. The lowest BCUT2D eigenvalue weighted by molar-refractivity contribution is 0.476. The Labute approximate surface area is 83.3 Å². The van der Waals surface area contributed by atoms with Crippen LogP contribution in [-0.4, -0.2) is 11.0 Å². The Bertz CT molecular complexity index is 350. The minimum Gasteiger partial charge on any atom is -0.327 e. The van der Waals surface area contributed by atoms with Crippen LogP contribution >= 0.6 is 0 Å². The Hall–Kier alpha value is -1.40. The molecule has 74 valence electrons. The highest BCUT2D eigenvalue weighted by Crippen LogP contribution is 1.99. The van der Waals surface area contributed by atoms with Gasteiger partial charge in [-0.05, 0) is 25.0 Å². The molecule has 0 aliphatic heterocycles. The summed E-state index contributed by atoms with van der Waals surface area (Å²) in [5.41, 5.74) is 6.54. The summed E-state index contributed by atoms with van der Waals surface area (Å²) < 4.78 is 12.2. The molecule has 0 saturated heterocycles. The molecule has 0 spiro atoms. The van der Waals surface area contributed by atoms with Gasteiger partial charge < -0.3 is 5.73 Å². The van der Waals surface area contributed by atoms with Crippen LogP contribution in [0.4, 0.5) is 4.39 Å². The van der Waals surface area contributed by atoms with Crippen LogP contribution < -0.4 is 5.73 Å². The summed E-state index contributed by atoms with van der Waals surface area (Å²) in [7, 11) is 0. The minimum atomic E-state index is -0.553. The van der Waals surface area contributed by atoms with Crippen LogP contribution in [0.2, 0.25) is 0 Å². The van der Waals surface area contributed by atoms with Crippen LogP contribution in [-0.2, 0) is 6.67 Å². The lowest BCUT2D eigenvalue weighted by Gasteiger charge is -1.95. The normalized spacial score (nSPS) is 11.6. The Kier molecular flexibility index (Phi) is 4.09. The summed E-state index contributed by atoms with van der Waals surface area (Å²) >= 11 is 0. The highest BCUT2D eigenvalue weighted by Gasteiger charge is 1.93. The van der Waals surface area contributed by atoms with Gasteiger partial charge in [-0.25, -0.2) is 9.37 Å². The van der Waals surface area contributed by atoms with Crippen molar-refractivity contribution in [1.29, 1.82) is 0 Å². The lowest BCUT2D eigenvalue weighted by atomic mass is 10.2. The zero-order valence-corrected chi connectivity index (χ0v) is 8.13. The van der Waals surface area contributed by atoms with Crippen molar-refractivity contribution in [2.75, 3.05) is 0 Å². The van der Waals surface area contributed by atoms with Crippen LogP contribution in [0.5, 0.6) is 0 Å². The van der Waals surface area contributed by atoms with Crippen molar-refractivity contribution >= 4 is 0 Å². The van der Waals surface area contributed by atoms with E-state index in [-0.39, 0.29) is 6.04 Å². The molecular formula is C11H13FN2. The predicted octanol–water partition coefficient (Wildman–Crippen LogP) is 1.64. The van der Waals surface area contributed by atoms with Crippen molar-refractivity contribution in [3.05, 3.63) is 29.6 Å². The molecule has 0 fully saturated rings. The van der Waals surface area contributed by atoms with Crippen molar-refractivity contribution < 1.29 is 4.39 Å². The Morgan fingerprint density at radius 1 is 1.57 bits per heavy atom. The summed E-state index contributed by atoms with van der Waals surface area (Å²) in [6, 6.07) is 5.20. The summed E-state index contributed by atoms with van der Waals surface area (Å²) in [4.78, 5) is 4.00. The fourth-order valence-corrected chi connectivity index (χ4v) is 0.926. The van der Waals surface area contributed by atoms with E-state index in [4.69, 9.17) is 5.73 Å². The van der Waals surface area contributed by atoms with Crippen molar-refractivity contribution in [2.24, 2.45) is 5.73 Å². The van der Waals surface area contributed by atoms with Gasteiger partial charge in [0.2, 0.25) is 0 Å². The maximum atomic E-state index is 12.2. The molecule has 0 aromatic carbocycles. The summed E-state index contributed by atoms with van der Waals surface area (Å²) in [5, 5.41) is 0. The first-order valence-corrected chi connectivity index (χ1v) is 4.48. The third-order valence-corrected chi connectivity index (χ3v) is 1.58. The SMILES string of the molecule is CC(N)CC#Cc1cccc(CF)n1. The second-order valence-electron chi connectivity index (χ2n) is 3.13. The van der Waals surface area contributed by atoms with Crippen molar-refractivity contribution in [3.63, 3.8) is 0 Å². The van der Waals surface area contributed by atoms with E-state index in [0.29, 0.717) is 17.8 Å². The zero-order chi connectivity index (χ0) is 10.4. The van der Waals surface area contributed by atoms with Gasteiger partial charge in [0, 0.05) is 12.5 Å². The third kappa shape index (κ3) is 3.55. The number of alkyl halides is 1. The first-order chi connectivity index (χ1) is 6.72. The molecule has 0 bridgehead atoms. The Morgan fingerprint density at radius 3 is 3.00 bits per heavy atom. The van der Waals surface area contributed by atoms with E-state index < -0.39 is 6.67 Å². The fourth-order valence-electron chi connectivity index (χ4n) is 0.926. The molecule has 14 heavy (non-hydrogen) atoms. The summed E-state index contributed by atoms with van der Waals surface area (Å²) in [6.45, 7) is 1.34. The molecular weight excluding hydrogens is 179 g/mol. The molecule has 2 nitrogen and oxygen atoms in total. The average molecular weight is 192 g/mol. The monoisotopic (exact) mass is 192 g/mol. The van der Waals surface area contributed by atoms with Crippen LogP contribution in [0.1, 0.15) is 24.7 Å². The topological polar surface area (TPSA) is 38.9 Å². The van der Waals surface area contributed by atoms with Crippen molar-refractivity contribution in [3.8, 4) is 11.8 Å². The molecule has 0 amide bonds. The van der Waals surface area contributed by atoms with Gasteiger partial charge in [-0.3, -0.25) is 0 Å². The summed E-state index contributed by atoms with van der Waals surface area (Å²) in [5.74, 6) is 5.74. The van der Waals surface area contributed by atoms with Gasteiger partial charge in [-0.15, -0.1) is 0 Å². The first-order valence-electron chi connectivity index (χ1n) is 4.48. The number of nitrogens with zero attached hydrogens (tertiary/aromatic N) is 1. The smallest absolute Gasteiger partial charge is 0.131 e. The molecule has 0 aliphatic carbocycles. The second-order valence-corrected chi connectivity index (χ2v) is 3.13. The van der Waals surface area contributed by atoms with E-state index in [1.54, 1.807) is 18.2 Å². The zero-order valence-electron chi connectivity index (χ0n) is 8.13.